The maximum Gasteiger partial charge on any atom is 0.242 e. The topological polar surface area (TPSA) is 49.4 Å². The maximum absolute atomic E-state index is 13.2. The van der Waals surface area contributed by atoms with Gasteiger partial charge in [-0.2, -0.15) is 0 Å². The van der Waals surface area contributed by atoms with Crippen LogP contribution in [0, 0.1) is 12.8 Å². The van der Waals surface area contributed by atoms with Crippen molar-refractivity contribution in [1.29, 1.82) is 0 Å². The highest BCUT2D eigenvalue weighted by Gasteiger charge is 2.27. The Hall–Kier alpha value is -2.04. The third-order valence-electron chi connectivity index (χ3n) is 4.84. The van der Waals surface area contributed by atoms with Crippen LogP contribution < -0.4 is 5.32 Å². The van der Waals surface area contributed by atoms with Crippen molar-refractivity contribution >= 4 is 35.0 Å². The lowest BCUT2D eigenvalue weighted by Gasteiger charge is -2.30. The largest absolute Gasteiger partial charge is 0.354 e. The Labute approximate surface area is 183 Å². The smallest absolute Gasteiger partial charge is 0.242 e. The number of benzene rings is 2. The van der Waals surface area contributed by atoms with Crippen molar-refractivity contribution in [2.24, 2.45) is 5.92 Å². The van der Waals surface area contributed by atoms with Gasteiger partial charge in [0.15, 0.2) is 0 Å². The molecule has 2 aromatic rings. The number of nitrogens with one attached hydrogen (secondary N) is 1. The summed E-state index contributed by atoms with van der Waals surface area (Å²) >= 11 is 12.5. The predicted octanol–water partition coefficient (Wildman–Crippen LogP) is 5.03. The van der Waals surface area contributed by atoms with Crippen LogP contribution in [-0.4, -0.2) is 29.3 Å². The average molecular weight is 435 g/mol. The van der Waals surface area contributed by atoms with Crippen molar-refractivity contribution in [2.75, 3.05) is 6.54 Å². The third kappa shape index (κ3) is 6.48. The first kappa shape index (κ1) is 23.2. The van der Waals surface area contributed by atoms with E-state index in [0.29, 0.717) is 34.6 Å². The molecule has 29 heavy (non-hydrogen) atoms. The molecule has 2 amide bonds. The summed E-state index contributed by atoms with van der Waals surface area (Å²) in [6.07, 6.45) is 0.0339. The van der Waals surface area contributed by atoms with E-state index in [1.165, 1.54) is 0 Å². The molecule has 2 aromatic carbocycles. The van der Waals surface area contributed by atoms with Gasteiger partial charge in [0.1, 0.15) is 6.04 Å². The SMILES string of the molecule is Cc1ccccc1CN(C(=O)Cc1c(Cl)cccc1Cl)C(C)C(=O)NCC(C)C. The van der Waals surface area contributed by atoms with Crippen LogP contribution in [0.25, 0.3) is 0 Å². The van der Waals surface area contributed by atoms with Gasteiger partial charge in [-0.1, -0.05) is 67.4 Å². The van der Waals surface area contributed by atoms with E-state index >= 15 is 0 Å². The molecule has 0 radical (unpaired) electrons. The Balaban J connectivity index is 2.29. The van der Waals surface area contributed by atoms with Crippen LogP contribution in [0.4, 0.5) is 0 Å². The second kappa shape index (κ2) is 10.7. The van der Waals surface area contributed by atoms with Gasteiger partial charge in [0.05, 0.1) is 6.42 Å². The third-order valence-corrected chi connectivity index (χ3v) is 5.55. The second-order valence-corrected chi connectivity index (χ2v) is 8.45. The van der Waals surface area contributed by atoms with Crippen LogP contribution in [-0.2, 0) is 22.6 Å². The zero-order valence-corrected chi connectivity index (χ0v) is 18.8. The molecule has 1 unspecified atom stereocenters. The number of hydrogen-bond acceptors (Lipinski definition) is 2. The van der Waals surface area contributed by atoms with E-state index in [0.717, 1.165) is 11.1 Å². The fraction of sp³-hybridized carbons (Fsp3) is 0.391. The minimum absolute atomic E-state index is 0.0339. The zero-order chi connectivity index (χ0) is 21.6. The molecular formula is C23H28Cl2N2O2. The first-order chi connectivity index (χ1) is 13.7. The van der Waals surface area contributed by atoms with Crippen molar-refractivity contribution in [3.63, 3.8) is 0 Å². The quantitative estimate of drug-likeness (QED) is 0.632. The standard InChI is InChI=1S/C23H28Cl2N2O2/c1-15(2)13-26-23(29)17(4)27(14-18-9-6-5-8-16(18)3)22(28)12-19-20(24)10-7-11-21(19)25/h5-11,15,17H,12-14H2,1-4H3,(H,26,29). The van der Waals surface area contributed by atoms with Gasteiger partial charge in [0.2, 0.25) is 11.8 Å². The summed E-state index contributed by atoms with van der Waals surface area (Å²) < 4.78 is 0. The van der Waals surface area contributed by atoms with E-state index in [1.807, 2.05) is 45.0 Å². The molecule has 0 bridgehead atoms. The zero-order valence-electron chi connectivity index (χ0n) is 17.3. The number of hydrogen-bond donors (Lipinski definition) is 1. The van der Waals surface area contributed by atoms with E-state index in [9.17, 15) is 9.59 Å². The normalized spacial score (nSPS) is 12.0. The highest BCUT2D eigenvalue weighted by Crippen LogP contribution is 2.26. The number of nitrogens with zero attached hydrogens (tertiary/aromatic N) is 1. The van der Waals surface area contributed by atoms with Crippen LogP contribution in [0.3, 0.4) is 0 Å². The van der Waals surface area contributed by atoms with Gasteiger partial charge in [0, 0.05) is 23.1 Å². The molecule has 0 saturated heterocycles. The van der Waals surface area contributed by atoms with Crippen molar-refractivity contribution < 1.29 is 9.59 Å². The average Bonchev–Trinajstić information content (AvgIpc) is 2.67. The Morgan fingerprint density at radius 1 is 1.00 bits per heavy atom. The van der Waals surface area contributed by atoms with Crippen LogP contribution in [0.5, 0.6) is 0 Å². The summed E-state index contributed by atoms with van der Waals surface area (Å²) in [5, 5.41) is 3.81. The number of amides is 2. The van der Waals surface area contributed by atoms with Gasteiger partial charge in [-0.25, -0.2) is 0 Å². The molecule has 6 heteroatoms. The molecule has 0 spiro atoms. The fourth-order valence-electron chi connectivity index (χ4n) is 2.96. The summed E-state index contributed by atoms with van der Waals surface area (Å²) in [5.41, 5.74) is 2.64. The van der Waals surface area contributed by atoms with Crippen LogP contribution in [0.1, 0.15) is 37.5 Å². The molecular weight excluding hydrogens is 407 g/mol. The van der Waals surface area contributed by atoms with Crippen LogP contribution >= 0.6 is 23.2 Å². The van der Waals surface area contributed by atoms with E-state index in [4.69, 9.17) is 23.2 Å². The molecule has 2 rings (SSSR count). The Morgan fingerprint density at radius 3 is 2.21 bits per heavy atom. The monoisotopic (exact) mass is 434 g/mol. The van der Waals surface area contributed by atoms with Crippen molar-refractivity contribution in [3.05, 3.63) is 69.2 Å². The minimum Gasteiger partial charge on any atom is -0.354 e. The fourth-order valence-corrected chi connectivity index (χ4v) is 3.49. The number of halogens is 2. The highest BCUT2D eigenvalue weighted by atomic mass is 35.5. The first-order valence-corrected chi connectivity index (χ1v) is 10.5. The molecule has 0 aliphatic heterocycles. The predicted molar refractivity (Wildman–Crippen MR) is 119 cm³/mol. The molecule has 0 fully saturated rings. The lowest BCUT2D eigenvalue weighted by Crippen LogP contribution is -2.48. The van der Waals surface area contributed by atoms with Gasteiger partial charge in [-0.05, 0) is 48.6 Å². The summed E-state index contributed by atoms with van der Waals surface area (Å²) in [6.45, 7) is 8.70. The lowest BCUT2D eigenvalue weighted by atomic mass is 10.1. The van der Waals surface area contributed by atoms with Gasteiger partial charge in [-0.15, -0.1) is 0 Å². The highest BCUT2D eigenvalue weighted by molar-refractivity contribution is 6.36. The molecule has 0 saturated carbocycles. The number of carbonyl (C=O) groups excluding carboxylic acids is 2. The molecule has 0 aliphatic rings. The summed E-state index contributed by atoms with van der Waals surface area (Å²) in [6, 6.07) is 12.4. The van der Waals surface area contributed by atoms with E-state index in [2.05, 4.69) is 5.32 Å². The molecule has 1 N–H and O–H groups in total. The van der Waals surface area contributed by atoms with Gasteiger partial charge < -0.3 is 10.2 Å². The second-order valence-electron chi connectivity index (χ2n) is 7.64. The number of aryl methyl sites for hydroxylation is 1. The Bertz CT molecular complexity index is 847. The molecule has 156 valence electrons. The minimum atomic E-state index is -0.623. The van der Waals surface area contributed by atoms with Crippen molar-refractivity contribution in [1.82, 2.24) is 10.2 Å². The van der Waals surface area contributed by atoms with Crippen molar-refractivity contribution in [2.45, 2.75) is 46.7 Å². The molecule has 0 aliphatic carbocycles. The van der Waals surface area contributed by atoms with Crippen LogP contribution in [0.15, 0.2) is 42.5 Å². The van der Waals surface area contributed by atoms with E-state index in [1.54, 1.807) is 30.0 Å². The molecule has 0 aromatic heterocycles. The molecule has 4 nitrogen and oxygen atoms in total. The lowest BCUT2D eigenvalue weighted by molar-refractivity contribution is -0.140. The first-order valence-electron chi connectivity index (χ1n) is 9.75. The Kier molecular flexibility index (Phi) is 8.54. The summed E-state index contributed by atoms with van der Waals surface area (Å²) in [7, 11) is 0. The van der Waals surface area contributed by atoms with Crippen LogP contribution in [0.2, 0.25) is 10.0 Å². The van der Waals surface area contributed by atoms with E-state index in [-0.39, 0.29) is 18.2 Å². The molecule has 0 heterocycles. The van der Waals surface area contributed by atoms with Gasteiger partial charge >= 0.3 is 0 Å². The molecule has 1 atom stereocenters. The Morgan fingerprint density at radius 2 is 1.62 bits per heavy atom. The summed E-state index contributed by atoms with van der Waals surface area (Å²) in [5.74, 6) is -0.0464. The van der Waals surface area contributed by atoms with Crippen molar-refractivity contribution in [3.8, 4) is 0 Å². The summed E-state index contributed by atoms with van der Waals surface area (Å²) in [4.78, 5) is 27.5. The van der Waals surface area contributed by atoms with Gasteiger partial charge in [-0.3, -0.25) is 9.59 Å². The number of carbonyl (C=O) groups is 2. The van der Waals surface area contributed by atoms with Gasteiger partial charge in [0.25, 0.3) is 0 Å². The van der Waals surface area contributed by atoms with E-state index < -0.39 is 6.04 Å². The maximum atomic E-state index is 13.2. The number of rotatable bonds is 8.